The Hall–Kier alpha value is -3.24. The Morgan fingerprint density at radius 3 is 2.34 bits per heavy atom. The summed E-state index contributed by atoms with van der Waals surface area (Å²) in [6.45, 7) is 0.319. The van der Waals surface area contributed by atoms with Crippen molar-refractivity contribution in [2.75, 3.05) is 32.6 Å². The second kappa shape index (κ2) is 9.92. The number of carbonyl (C=O) groups excluding carboxylic acids is 3. The summed E-state index contributed by atoms with van der Waals surface area (Å²) in [5, 5.41) is 2.66. The summed E-state index contributed by atoms with van der Waals surface area (Å²) in [5.74, 6) is -2.40. The number of nitrogens with one attached hydrogen (secondary N) is 1. The van der Waals surface area contributed by atoms with Crippen molar-refractivity contribution in [1.29, 1.82) is 0 Å². The smallest absolute Gasteiger partial charge is 0.339 e. The van der Waals surface area contributed by atoms with E-state index in [1.165, 1.54) is 48.9 Å². The van der Waals surface area contributed by atoms with Crippen molar-refractivity contribution in [3.05, 3.63) is 59.7 Å². The van der Waals surface area contributed by atoms with Gasteiger partial charge in [0.25, 0.3) is 0 Å². The molecule has 0 aliphatic carbocycles. The van der Waals surface area contributed by atoms with Crippen LogP contribution in [0.25, 0.3) is 0 Å². The number of sulfonamides is 1. The van der Waals surface area contributed by atoms with Crippen molar-refractivity contribution in [3.63, 3.8) is 0 Å². The number of hydrogen-bond donors (Lipinski definition) is 1. The van der Waals surface area contributed by atoms with E-state index in [1.807, 2.05) is 0 Å². The molecule has 1 aliphatic rings. The van der Waals surface area contributed by atoms with Crippen LogP contribution in [-0.2, 0) is 24.3 Å². The average Bonchev–Trinajstić information content (AvgIpc) is 2.83. The lowest BCUT2D eigenvalue weighted by Gasteiger charge is -2.31. The van der Waals surface area contributed by atoms with Crippen LogP contribution in [0.2, 0.25) is 0 Å². The maximum absolute atomic E-state index is 13.0. The third-order valence-electron chi connectivity index (χ3n) is 5.24. The summed E-state index contributed by atoms with van der Waals surface area (Å²) in [4.78, 5) is 37.1. The van der Waals surface area contributed by atoms with Gasteiger partial charge in [-0.3, -0.25) is 4.79 Å². The minimum atomic E-state index is -3.73. The Morgan fingerprint density at radius 1 is 1.00 bits per heavy atom. The van der Waals surface area contributed by atoms with E-state index in [9.17, 15) is 22.8 Å². The molecule has 0 radical (unpaired) electrons. The monoisotopic (exact) mass is 460 g/mol. The highest BCUT2D eigenvalue weighted by atomic mass is 32.2. The second-order valence-corrected chi connectivity index (χ2v) is 9.19. The quantitative estimate of drug-likeness (QED) is 0.657. The summed E-state index contributed by atoms with van der Waals surface area (Å²) in [5.41, 5.74) is 0.304. The lowest BCUT2D eigenvalue weighted by atomic mass is 9.98. The summed E-state index contributed by atoms with van der Waals surface area (Å²) in [7, 11) is -1.31. The molecule has 32 heavy (non-hydrogen) atoms. The SMILES string of the molecule is COC(=O)c1ccc(C(=O)OC)c(NC(=O)C2CCCN(S(=O)(=O)c3ccccc3)C2)c1. The van der Waals surface area contributed by atoms with Gasteiger partial charge >= 0.3 is 11.9 Å². The summed E-state index contributed by atoms with van der Waals surface area (Å²) >= 11 is 0. The van der Waals surface area contributed by atoms with Crippen LogP contribution in [0, 0.1) is 5.92 Å². The molecule has 3 rings (SSSR count). The lowest BCUT2D eigenvalue weighted by Crippen LogP contribution is -2.43. The van der Waals surface area contributed by atoms with Gasteiger partial charge in [-0.05, 0) is 43.2 Å². The highest BCUT2D eigenvalue weighted by molar-refractivity contribution is 7.89. The normalized spacial score (nSPS) is 16.8. The minimum Gasteiger partial charge on any atom is -0.465 e. The van der Waals surface area contributed by atoms with E-state index in [0.29, 0.717) is 19.4 Å². The van der Waals surface area contributed by atoms with Gasteiger partial charge in [0.15, 0.2) is 0 Å². The van der Waals surface area contributed by atoms with Crippen molar-refractivity contribution in [2.45, 2.75) is 17.7 Å². The number of esters is 2. The van der Waals surface area contributed by atoms with Gasteiger partial charge in [-0.2, -0.15) is 4.31 Å². The van der Waals surface area contributed by atoms with Gasteiger partial charge in [0.1, 0.15) is 0 Å². The predicted octanol–water partition coefficient (Wildman–Crippen LogP) is 2.30. The number of ether oxygens (including phenoxy) is 2. The Balaban J connectivity index is 1.82. The molecule has 1 fully saturated rings. The van der Waals surface area contributed by atoms with Gasteiger partial charge in [0.2, 0.25) is 15.9 Å². The fourth-order valence-electron chi connectivity index (χ4n) is 3.53. The Morgan fingerprint density at radius 2 is 1.69 bits per heavy atom. The second-order valence-electron chi connectivity index (χ2n) is 7.25. The number of piperidine rings is 1. The first kappa shape index (κ1) is 23.4. The maximum Gasteiger partial charge on any atom is 0.339 e. The first-order valence-electron chi connectivity index (χ1n) is 9.94. The predicted molar refractivity (Wildman–Crippen MR) is 116 cm³/mol. The van der Waals surface area contributed by atoms with Crippen LogP contribution in [0.4, 0.5) is 5.69 Å². The van der Waals surface area contributed by atoms with E-state index in [4.69, 9.17) is 9.47 Å². The highest BCUT2D eigenvalue weighted by Gasteiger charge is 2.33. The minimum absolute atomic E-state index is 0.00725. The molecular formula is C22H24N2O7S. The molecule has 1 aliphatic heterocycles. The first-order chi connectivity index (χ1) is 15.3. The van der Waals surface area contributed by atoms with Crippen molar-refractivity contribution in [1.82, 2.24) is 4.31 Å². The molecule has 2 aromatic carbocycles. The zero-order chi connectivity index (χ0) is 23.3. The summed E-state index contributed by atoms with van der Waals surface area (Å²) in [6.07, 6.45) is 0.993. The molecule has 0 saturated carbocycles. The van der Waals surface area contributed by atoms with Crippen molar-refractivity contribution < 1.29 is 32.3 Å². The van der Waals surface area contributed by atoms with E-state index in [-0.39, 0.29) is 28.3 Å². The molecule has 0 spiro atoms. The topological polar surface area (TPSA) is 119 Å². The molecule has 2 aromatic rings. The third kappa shape index (κ3) is 4.97. The van der Waals surface area contributed by atoms with Gasteiger partial charge in [0, 0.05) is 13.1 Å². The fourth-order valence-corrected chi connectivity index (χ4v) is 5.08. The van der Waals surface area contributed by atoms with Gasteiger partial charge in [0.05, 0.1) is 41.8 Å². The standard InChI is InChI=1S/C22H24N2O7S/c1-30-21(26)15-10-11-18(22(27)31-2)19(13-15)23-20(25)16-7-6-12-24(14-16)32(28,29)17-8-4-3-5-9-17/h3-5,8-11,13,16H,6-7,12,14H2,1-2H3,(H,23,25). The van der Waals surface area contributed by atoms with Crippen LogP contribution < -0.4 is 5.32 Å². The number of rotatable bonds is 6. The van der Waals surface area contributed by atoms with Gasteiger partial charge in [-0.1, -0.05) is 18.2 Å². The number of carbonyl (C=O) groups is 3. The van der Waals surface area contributed by atoms with Gasteiger partial charge < -0.3 is 14.8 Å². The molecule has 170 valence electrons. The van der Waals surface area contributed by atoms with Crippen LogP contribution in [0.3, 0.4) is 0 Å². The lowest BCUT2D eigenvalue weighted by molar-refractivity contribution is -0.120. The Kier molecular flexibility index (Phi) is 7.26. The molecule has 1 N–H and O–H groups in total. The van der Waals surface area contributed by atoms with E-state index in [1.54, 1.807) is 18.2 Å². The number of hydrogen-bond acceptors (Lipinski definition) is 7. The van der Waals surface area contributed by atoms with Crippen molar-refractivity contribution in [3.8, 4) is 0 Å². The maximum atomic E-state index is 13.0. The molecule has 10 heteroatoms. The molecule has 1 atom stereocenters. The van der Waals surface area contributed by atoms with E-state index in [0.717, 1.165) is 0 Å². The van der Waals surface area contributed by atoms with Crippen LogP contribution in [0.5, 0.6) is 0 Å². The molecule has 0 bridgehead atoms. The molecule has 1 saturated heterocycles. The zero-order valence-electron chi connectivity index (χ0n) is 17.7. The van der Waals surface area contributed by atoms with Crippen molar-refractivity contribution >= 4 is 33.6 Å². The molecule has 1 amide bonds. The Labute approximate surface area is 186 Å². The van der Waals surface area contributed by atoms with Crippen LogP contribution in [0.1, 0.15) is 33.6 Å². The van der Waals surface area contributed by atoms with Crippen LogP contribution in [0.15, 0.2) is 53.4 Å². The molecular weight excluding hydrogens is 436 g/mol. The Bertz CT molecular complexity index is 1120. The fraction of sp³-hybridized carbons (Fsp3) is 0.318. The number of anilines is 1. The number of amides is 1. The van der Waals surface area contributed by atoms with Crippen molar-refractivity contribution in [2.24, 2.45) is 5.92 Å². The number of methoxy groups -OCH3 is 2. The zero-order valence-corrected chi connectivity index (χ0v) is 18.6. The summed E-state index contributed by atoms with van der Waals surface area (Å²) < 4.78 is 36.6. The largest absolute Gasteiger partial charge is 0.465 e. The van der Waals surface area contributed by atoms with Crippen LogP contribution in [-0.4, -0.2) is 57.9 Å². The highest BCUT2D eigenvalue weighted by Crippen LogP contribution is 2.26. The summed E-state index contributed by atoms with van der Waals surface area (Å²) in [6, 6.07) is 12.1. The van der Waals surface area contributed by atoms with Crippen LogP contribution >= 0.6 is 0 Å². The molecule has 0 aromatic heterocycles. The van der Waals surface area contributed by atoms with E-state index in [2.05, 4.69) is 5.32 Å². The molecule has 1 heterocycles. The number of nitrogens with zero attached hydrogens (tertiary/aromatic N) is 1. The molecule has 9 nitrogen and oxygen atoms in total. The van der Waals surface area contributed by atoms with Gasteiger partial charge in [-0.15, -0.1) is 0 Å². The third-order valence-corrected chi connectivity index (χ3v) is 7.12. The van der Waals surface area contributed by atoms with E-state index < -0.39 is 33.8 Å². The molecule has 1 unspecified atom stereocenters. The number of benzene rings is 2. The first-order valence-corrected chi connectivity index (χ1v) is 11.4. The van der Waals surface area contributed by atoms with Gasteiger partial charge in [-0.25, -0.2) is 18.0 Å². The average molecular weight is 461 g/mol. The van der Waals surface area contributed by atoms with E-state index >= 15 is 0 Å².